The Hall–Kier alpha value is -2.92. The molecular weight excluding hydrogens is 406 g/mol. The minimum absolute atomic E-state index is 0.192. The number of ether oxygens (including phenoxy) is 1. The Morgan fingerprint density at radius 2 is 1.74 bits per heavy atom. The monoisotopic (exact) mass is 433 g/mol. The van der Waals surface area contributed by atoms with Crippen molar-refractivity contribution in [2.24, 2.45) is 5.92 Å². The number of hydrogen-bond donors (Lipinski definition) is 0. The van der Waals surface area contributed by atoms with Crippen LogP contribution in [0.4, 0.5) is 0 Å². The molecule has 0 saturated carbocycles. The number of aryl methyl sites for hydroxylation is 1. The van der Waals surface area contributed by atoms with E-state index in [1.807, 2.05) is 57.2 Å². The van der Waals surface area contributed by atoms with E-state index in [4.69, 9.17) is 4.74 Å². The molecule has 0 N–H and O–H groups in total. The van der Waals surface area contributed by atoms with E-state index in [1.54, 1.807) is 6.26 Å². The second-order valence-corrected chi connectivity index (χ2v) is 9.68. The van der Waals surface area contributed by atoms with Gasteiger partial charge < -0.3 is 9.30 Å². The first-order valence-corrected chi connectivity index (χ1v) is 12.0. The normalized spacial score (nSPS) is 12.5. The second kappa shape index (κ2) is 8.67. The zero-order valence-corrected chi connectivity index (χ0v) is 19.2. The van der Waals surface area contributed by atoms with Gasteiger partial charge in [-0.3, -0.25) is 9.00 Å². The summed E-state index contributed by atoms with van der Waals surface area (Å²) in [6.07, 6.45) is 1.97. The zero-order valence-electron chi connectivity index (χ0n) is 18.3. The number of nitrogens with zero attached hydrogens (tertiary/aromatic N) is 1. The molecule has 5 heteroatoms. The summed E-state index contributed by atoms with van der Waals surface area (Å²) in [6, 6.07) is 20.3. The van der Waals surface area contributed by atoms with Crippen LogP contribution in [0.3, 0.4) is 0 Å². The highest BCUT2D eigenvalue weighted by molar-refractivity contribution is 7.84. The average Bonchev–Trinajstić information content (AvgIpc) is 3.02. The third-order valence-corrected chi connectivity index (χ3v) is 6.39. The van der Waals surface area contributed by atoms with Crippen molar-refractivity contribution in [3.05, 3.63) is 71.8 Å². The molecule has 0 fully saturated rings. The first-order chi connectivity index (χ1) is 14.9. The molecule has 4 rings (SSSR count). The number of aromatic nitrogens is 1. The van der Waals surface area contributed by atoms with Crippen LogP contribution in [0.5, 0.6) is 5.75 Å². The van der Waals surface area contributed by atoms with Crippen molar-refractivity contribution in [2.45, 2.75) is 38.6 Å². The van der Waals surface area contributed by atoms with Crippen LogP contribution in [0.1, 0.15) is 31.4 Å². The summed E-state index contributed by atoms with van der Waals surface area (Å²) in [7, 11) is -1.35. The standard InChI is InChI=1S/C26H27NO3S/c1-17(2)14-23(28)30-22-15-18(3)24-20-12-8-9-13-21(20)27(25(24)26(22)31(4)29)16-19-10-6-5-7-11-19/h5-13,15,17H,14,16H2,1-4H3. The Morgan fingerprint density at radius 3 is 2.42 bits per heavy atom. The maximum absolute atomic E-state index is 13.0. The predicted octanol–water partition coefficient (Wildman–Crippen LogP) is 5.84. The van der Waals surface area contributed by atoms with Gasteiger partial charge in [0.15, 0.2) is 0 Å². The van der Waals surface area contributed by atoms with Gasteiger partial charge in [-0.2, -0.15) is 0 Å². The summed E-state index contributed by atoms with van der Waals surface area (Å²) in [5, 5.41) is 2.16. The van der Waals surface area contributed by atoms with Crippen LogP contribution in [-0.4, -0.2) is 21.0 Å². The summed E-state index contributed by atoms with van der Waals surface area (Å²) >= 11 is 0. The fraction of sp³-hybridized carbons (Fsp3) is 0.269. The fourth-order valence-corrected chi connectivity index (χ4v) is 5.04. The Morgan fingerprint density at radius 1 is 1.06 bits per heavy atom. The Labute approximate surface area is 185 Å². The number of carbonyl (C=O) groups excluding carboxylic acids is 1. The summed E-state index contributed by atoms with van der Waals surface area (Å²) in [4.78, 5) is 13.0. The summed E-state index contributed by atoms with van der Waals surface area (Å²) in [6.45, 7) is 6.61. The highest BCUT2D eigenvalue weighted by atomic mass is 32.2. The average molecular weight is 434 g/mol. The highest BCUT2D eigenvalue weighted by Crippen LogP contribution is 2.40. The van der Waals surface area contributed by atoms with E-state index < -0.39 is 10.8 Å². The number of carbonyl (C=O) groups is 1. The van der Waals surface area contributed by atoms with Crippen molar-refractivity contribution >= 4 is 38.6 Å². The van der Waals surface area contributed by atoms with Crippen LogP contribution in [0.15, 0.2) is 65.6 Å². The van der Waals surface area contributed by atoms with Gasteiger partial charge in [0.1, 0.15) is 10.6 Å². The van der Waals surface area contributed by atoms with Gasteiger partial charge >= 0.3 is 5.97 Å². The minimum atomic E-state index is -1.35. The van der Waals surface area contributed by atoms with Crippen molar-refractivity contribution in [3.8, 4) is 5.75 Å². The van der Waals surface area contributed by atoms with Gasteiger partial charge in [-0.15, -0.1) is 0 Å². The van der Waals surface area contributed by atoms with E-state index in [0.29, 0.717) is 23.6 Å². The van der Waals surface area contributed by atoms with Crippen molar-refractivity contribution < 1.29 is 13.7 Å². The lowest BCUT2D eigenvalue weighted by molar-refractivity contribution is -0.135. The molecule has 0 spiro atoms. The molecule has 4 aromatic rings. The third kappa shape index (κ3) is 4.15. The van der Waals surface area contributed by atoms with Crippen LogP contribution >= 0.6 is 0 Å². The third-order valence-electron chi connectivity index (χ3n) is 5.42. The van der Waals surface area contributed by atoms with Gasteiger partial charge in [0.05, 0.1) is 16.3 Å². The molecule has 31 heavy (non-hydrogen) atoms. The van der Waals surface area contributed by atoms with E-state index in [9.17, 15) is 9.00 Å². The zero-order chi connectivity index (χ0) is 22.1. The van der Waals surface area contributed by atoms with E-state index in [0.717, 1.165) is 32.9 Å². The molecule has 0 aliphatic rings. The molecule has 0 bridgehead atoms. The first kappa shape index (κ1) is 21.3. The number of fused-ring (bicyclic) bond motifs is 3. The molecule has 1 heterocycles. The minimum Gasteiger partial charge on any atom is -0.425 e. The van der Waals surface area contributed by atoms with E-state index >= 15 is 0 Å². The molecule has 0 radical (unpaired) electrons. The second-order valence-electron chi connectivity index (χ2n) is 8.36. The number of benzene rings is 3. The van der Waals surface area contributed by atoms with Crippen LogP contribution in [0, 0.1) is 12.8 Å². The molecule has 0 amide bonds. The van der Waals surface area contributed by atoms with Crippen molar-refractivity contribution in [1.82, 2.24) is 4.57 Å². The smallest absolute Gasteiger partial charge is 0.311 e. The first-order valence-electron chi connectivity index (χ1n) is 10.5. The molecule has 0 aliphatic carbocycles. The van der Waals surface area contributed by atoms with Crippen molar-refractivity contribution in [1.29, 1.82) is 0 Å². The van der Waals surface area contributed by atoms with Gasteiger partial charge in [0.2, 0.25) is 0 Å². The highest BCUT2D eigenvalue weighted by Gasteiger charge is 2.23. The lowest BCUT2D eigenvalue weighted by Crippen LogP contribution is -2.13. The van der Waals surface area contributed by atoms with Gasteiger partial charge in [-0.25, -0.2) is 0 Å². The van der Waals surface area contributed by atoms with Crippen LogP contribution in [-0.2, 0) is 22.1 Å². The largest absolute Gasteiger partial charge is 0.425 e. The molecule has 1 atom stereocenters. The van der Waals surface area contributed by atoms with E-state index in [-0.39, 0.29) is 11.9 Å². The molecule has 160 valence electrons. The lowest BCUT2D eigenvalue weighted by Gasteiger charge is -2.15. The van der Waals surface area contributed by atoms with E-state index in [1.165, 1.54) is 0 Å². The number of para-hydroxylation sites is 1. The molecule has 1 aromatic heterocycles. The maximum atomic E-state index is 13.0. The number of hydrogen-bond acceptors (Lipinski definition) is 3. The van der Waals surface area contributed by atoms with Crippen LogP contribution in [0.25, 0.3) is 21.8 Å². The van der Waals surface area contributed by atoms with Gasteiger partial charge in [-0.1, -0.05) is 62.4 Å². The maximum Gasteiger partial charge on any atom is 0.311 e. The van der Waals surface area contributed by atoms with Crippen molar-refractivity contribution in [2.75, 3.05) is 6.26 Å². The summed E-state index contributed by atoms with van der Waals surface area (Å²) < 4.78 is 20.9. The Kier molecular flexibility index (Phi) is 5.96. The Balaban J connectivity index is 2.02. The number of rotatable bonds is 6. The SMILES string of the molecule is Cc1cc(OC(=O)CC(C)C)c(S(C)=O)c2c1c1ccccc1n2Cc1ccccc1. The topological polar surface area (TPSA) is 48.3 Å². The molecule has 0 saturated heterocycles. The molecule has 0 aliphatic heterocycles. The molecule has 3 aromatic carbocycles. The quantitative estimate of drug-likeness (QED) is 0.283. The molecular formula is C26H27NO3S. The molecule has 4 nitrogen and oxygen atoms in total. The summed E-state index contributed by atoms with van der Waals surface area (Å²) in [5.41, 5.74) is 4.09. The van der Waals surface area contributed by atoms with Crippen molar-refractivity contribution in [3.63, 3.8) is 0 Å². The Bertz CT molecular complexity index is 1290. The summed E-state index contributed by atoms with van der Waals surface area (Å²) in [5.74, 6) is 0.289. The van der Waals surface area contributed by atoms with Gasteiger partial charge in [0, 0.05) is 35.5 Å². The van der Waals surface area contributed by atoms with Gasteiger partial charge in [-0.05, 0) is 36.1 Å². The van der Waals surface area contributed by atoms with Crippen LogP contribution in [0.2, 0.25) is 0 Å². The molecule has 1 unspecified atom stereocenters. The predicted molar refractivity (Wildman–Crippen MR) is 127 cm³/mol. The lowest BCUT2D eigenvalue weighted by atomic mass is 10.1. The number of esters is 1. The van der Waals surface area contributed by atoms with Crippen LogP contribution < -0.4 is 4.74 Å². The van der Waals surface area contributed by atoms with E-state index in [2.05, 4.69) is 28.8 Å². The van der Waals surface area contributed by atoms with Gasteiger partial charge in [0.25, 0.3) is 0 Å². The fourth-order valence-electron chi connectivity index (χ4n) is 4.17.